The van der Waals surface area contributed by atoms with Gasteiger partial charge < -0.3 is 25.0 Å². The van der Waals surface area contributed by atoms with E-state index in [0.717, 1.165) is 22.0 Å². The van der Waals surface area contributed by atoms with Gasteiger partial charge in [-0.1, -0.05) is 54.6 Å². The zero-order valence-electron chi connectivity index (χ0n) is 19.9. The Labute approximate surface area is 209 Å². The summed E-state index contributed by atoms with van der Waals surface area (Å²) in [4.78, 5) is 16.7. The first-order valence-electron chi connectivity index (χ1n) is 11.9. The van der Waals surface area contributed by atoms with Gasteiger partial charge >= 0.3 is 6.09 Å². The minimum absolute atomic E-state index is 0.0158. The minimum atomic E-state index is -1.10. The van der Waals surface area contributed by atoms with Crippen molar-refractivity contribution in [2.24, 2.45) is 0 Å². The van der Waals surface area contributed by atoms with Crippen molar-refractivity contribution in [2.45, 2.75) is 24.5 Å². The number of hydrogen-bond acceptors (Lipinski definition) is 6. The summed E-state index contributed by atoms with van der Waals surface area (Å²) in [7, 11) is 1.55. The molecular formula is C29H28N2O5. The van der Waals surface area contributed by atoms with Gasteiger partial charge in [0.1, 0.15) is 12.7 Å². The van der Waals surface area contributed by atoms with Crippen LogP contribution in [0, 0.1) is 0 Å². The maximum Gasteiger partial charge on any atom is 0.407 e. The third-order valence-corrected chi connectivity index (χ3v) is 6.66. The Morgan fingerprint density at radius 3 is 2.36 bits per heavy atom. The Balaban J connectivity index is 1.13. The number of ether oxygens (including phenoxy) is 2. The second-order valence-corrected chi connectivity index (χ2v) is 8.86. The number of pyridine rings is 1. The molecule has 1 amide bonds. The highest BCUT2D eigenvalue weighted by atomic mass is 16.5. The van der Waals surface area contributed by atoms with E-state index in [0.29, 0.717) is 11.4 Å². The molecule has 2 unspecified atom stereocenters. The molecule has 0 radical (unpaired) electrons. The number of aliphatic hydroxyl groups is 2. The Hall–Kier alpha value is -3.94. The van der Waals surface area contributed by atoms with E-state index in [4.69, 9.17) is 9.47 Å². The third-order valence-electron chi connectivity index (χ3n) is 6.66. The van der Waals surface area contributed by atoms with Gasteiger partial charge in [-0.05, 0) is 52.4 Å². The van der Waals surface area contributed by atoms with Crippen LogP contribution in [0.2, 0.25) is 0 Å². The lowest BCUT2D eigenvalue weighted by atomic mass is 9.98. The molecule has 1 aliphatic carbocycles. The number of amides is 1. The molecule has 1 aromatic heterocycles. The van der Waals surface area contributed by atoms with Crippen molar-refractivity contribution in [1.29, 1.82) is 0 Å². The molecule has 184 valence electrons. The lowest BCUT2D eigenvalue weighted by molar-refractivity contribution is 0.0137. The van der Waals surface area contributed by atoms with E-state index in [1.54, 1.807) is 31.4 Å². The highest BCUT2D eigenvalue weighted by Crippen LogP contribution is 2.44. The average molecular weight is 485 g/mol. The number of methoxy groups -OCH3 is 1. The van der Waals surface area contributed by atoms with Crippen molar-refractivity contribution in [1.82, 2.24) is 10.3 Å². The van der Waals surface area contributed by atoms with Gasteiger partial charge in [-0.25, -0.2) is 9.78 Å². The molecule has 2 atom stereocenters. The number of benzene rings is 3. The van der Waals surface area contributed by atoms with Crippen LogP contribution in [0.15, 0.2) is 78.9 Å². The molecule has 0 aliphatic heterocycles. The summed E-state index contributed by atoms with van der Waals surface area (Å²) in [5, 5.41) is 24.6. The Morgan fingerprint density at radius 2 is 1.67 bits per heavy atom. The number of aromatic nitrogens is 1. The number of carbonyl (C=O) groups is 1. The van der Waals surface area contributed by atoms with Crippen LogP contribution < -0.4 is 10.1 Å². The molecule has 1 aliphatic rings. The van der Waals surface area contributed by atoms with Gasteiger partial charge in [-0.2, -0.15) is 0 Å². The third kappa shape index (κ3) is 4.76. The van der Waals surface area contributed by atoms with Crippen LogP contribution in [0.3, 0.4) is 0 Å². The Kier molecular flexibility index (Phi) is 6.84. The van der Waals surface area contributed by atoms with Crippen molar-refractivity contribution in [2.75, 3.05) is 20.3 Å². The number of nitrogens with zero attached hydrogens (tertiary/aromatic N) is 1. The Bertz CT molecular complexity index is 1340. The largest absolute Gasteiger partial charge is 0.481 e. The van der Waals surface area contributed by atoms with Crippen LogP contribution in [-0.4, -0.2) is 47.7 Å². The summed E-state index contributed by atoms with van der Waals surface area (Å²) in [5.41, 5.74) is 5.94. The van der Waals surface area contributed by atoms with Crippen molar-refractivity contribution >= 4 is 17.0 Å². The van der Waals surface area contributed by atoms with Crippen LogP contribution in [0.1, 0.15) is 35.1 Å². The van der Waals surface area contributed by atoms with Gasteiger partial charge in [0.15, 0.2) is 0 Å². The number of alkyl carbamates (subject to hydrolysis) is 1. The van der Waals surface area contributed by atoms with Crippen LogP contribution in [-0.2, 0) is 4.74 Å². The molecule has 1 heterocycles. The molecule has 4 aromatic rings. The van der Waals surface area contributed by atoms with Crippen molar-refractivity contribution in [3.05, 3.63) is 95.6 Å². The molecule has 0 spiro atoms. The van der Waals surface area contributed by atoms with Gasteiger partial charge in [-0.15, -0.1) is 0 Å². The van der Waals surface area contributed by atoms with Gasteiger partial charge in [0.25, 0.3) is 0 Å². The molecule has 3 aromatic carbocycles. The normalized spacial score (nSPS) is 14.1. The average Bonchev–Trinajstić information content (AvgIpc) is 3.24. The first-order chi connectivity index (χ1) is 17.5. The molecule has 0 saturated heterocycles. The van der Waals surface area contributed by atoms with Gasteiger partial charge in [-0.3, -0.25) is 0 Å². The predicted octanol–water partition coefficient (Wildman–Crippen LogP) is 4.57. The summed E-state index contributed by atoms with van der Waals surface area (Å²) in [6.45, 7) is 0.391. The van der Waals surface area contributed by atoms with E-state index in [1.807, 2.05) is 30.3 Å². The van der Waals surface area contributed by atoms with Crippen LogP contribution in [0.4, 0.5) is 4.79 Å². The highest BCUT2D eigenvalue weighted by molar-refractivity contribution is 5.80. The molecule has 3 N–H and O–H groups in total. The quantitative estimate of drug-likeness (QED) is 0.339. The van der Waals surface area contributed by atoms with Gasteiger partial charge in [0.2, 0.25) is 5.88 Å². The van der Waals surface area contributed by atoms with Gasteiger partial charge in [0.05, 0.1) is 18.7 Å². The fourth-order valence-corrected chi connectivity index (χ4v) is 4.77. The maximum atomic E-state index is 12.3. The van der Waals surface area contributed by atoms with Crippen molar-refractivity contribution in [3.63, 3.8) is 0 Å². The standard InChI is InChI=1S/C29H28N2O5/c1-35-27-13-11-18-16-19(10-12-25(18)31-27)28(33)26(32)14-15-30-29(34)36-17-24-22-8-4-2-6-20(22)21-7-3-5-9-23(21)24/h2-13,16,24,26,28,32-33H,14-15,17H2,1H3,(H,30,34). The maximum absolute atomic E-state index is 12.3. The summed E-state index contributed by atoms with van der Waals surface area (Å²) in [5.74, 6) is 0.494. The number of nitrogens with one attached hydrogen (secondary N) is 1. The molecule has 0 fully saturated rings. The number of fused-ring (bicyclic) bond motifs is 4. The van der Waals surface area contributed by atoms with E-state index in [9.17, 15) is 15.0 Å². The van der Waals surface area contributed by atoms with E-state index in [-0.39, 0.29) is 25.5 Å². The smallest absolute Gasteiger partial charge is 0.407 e. The fraction of sp³-hybridized carbons (Fsp3) is 0.241. The first-order valence-corrected chi connectivity index (χ1v) is 11.9. The SMILES string of the molecule is COc1ccc2cc(C(O)C(O)CCNC(=O)OCC3c4ccccc4-c4ccccc43)ccc2n1. The first kappa shape index (κ1) is 23.8. The monoisotopic (exact) mass is 484 g/mol. The zero-order chi connectivity index (χ0) is 25.1. The summed E-state index contributed by atoms with van der Waals surface area (Å²) < 4.78 is 10.7. The number of carbonyl (C=O) groups excluding carboxylic acids is 1. The second-order valence-electron chi connectivity index (χ2n) is 8.86. The van der Waals surface area contributed by atoms with Gasteiger partial charge in [0, 0.05) is 23.9 Å². The highest BCUT2D eigenvalue weighted by Gasteiger charge is 2.29. The number of aliphatic hydroxyl groups excluding tert-OH is 2. The van der Waals surface area contributed by atoms with Crippen molar-refractivity contribution in [3.8, 4) is 17.0 Å². The molecule has 5 rings (SSSR count). The van der Waals surface area contributed by atoms with E-state index < -0.39 is 18.3 Å². The lowest BCUT2D eigenvalue weighted by Crippen LogP contribution is -2.30. The molecular weight excluding hydrogens is 456 g/mol. The lowest BCUT2D eigenvalue weighted by Gasteiger charge is -2.19. The zero-order valence-corrected chi connectivity index (χ0v) is 19.9. The molecule has 7 nitrogen and oxygen atoms in total. The van der Waals surface area contributed by atoms with E-state index in [2.05, 4.69) is 34.6 Å². The number of rotatable bonds is 8. The molecule has 7 heteroatoms. The van der Waals surface area contributed by atoms with E-state index >= 15 is 0 Å². The summed E-state index contributed by atoms with van der Waals surface area (Å²) >= 11 is 0. The fourth-order valence-electron chi connectivity index (χ4n) is 4.77. The minimum Gasteiger partial charge on any atom is -0.481 e. The summed E-state index contributed by atoms with van der Waals surface area (Å²) in [6, 6.07) is 25.2. The topological polar surface area (TPSA) is 101 Å². The summed E-state index contributed by atoms with van der Waals surface area (Å²) in [6.07, 6.45) is -2.53. The van der Waals surface area contributed by atoms with Crippen LogP contribution in [0.5, 0.6) is 5.88 Å². The number of hydrogen-bond donors (Lipinski definition) is 3. The van der Waals surface area contributed by atoms with Crippen LogP contribution >= 0.6 is 0 Å². The molecule has 36 heavy (non-hydrogen) atoms. The van der Waals surface area contributed by atoms with Crippen molar-refractivity contribution < 1.29 is 24.5 Å². The molecule has 0 saturated carbocycles. The Morgan fingerprint density at radius 1 is 0.972 bits per heavy atom. The van der Waals surface area contributed by atoms with E-state index in [1.165, 1.54) is 11.1 Å². The predicted molar refractivity (Wildman–Crippen MR) is 137 cm³/mol. The molecule has 0 bridgehead atoms. The van der Waals surface area contributed by atoms with Crippen LogP contribution in [0.25, 0.3) is 22.0 Å². The second kappa shape index (κ2) is 10.4.